The SMILES string of the molecule is NC1(C2CC2)CN(c2ccc3ccccc3n2)C1. The highest BCUT2D eigenvalue weighted by Crippen LogP contribution is 2.43. The van der Waals surface area contributed by atoms with Gasteiger partial charge in [-0.1, -0.05) is 18.2 Å². The van der Waals surface area contributed by atoms with Crippen molar-refractivity contribution in [1.29, 1.82) is 0 Å². The third kappa shape index (κ3) is 1.51. The van der Waals surface area contributed by atoms with Gasteiger partial charge in [0.2, 0.25) is 0 Å². The lowest BCUT2D eigenvalue weighted by atomic mass is 9.86. The van der Waals surface area contributed by atoms with Crippen molar-refractivity contribution in [2.24, 2.45) is 11.7 Å². The lowest BCUT2D eigenvalue weighted by Crippen LogP contribution is -2.69. The lowest BCUT2D eigenvalue weighted by Gasteiger charge is -2.49. The summed E-state index contributed by atoms with van der Waals surface area (Å²) >= 11 is 0. The average molecular weight is 239 g/mol. The van der Waals surface area contributed by atoms with Gasteiger partial charge in [-0.05, 0) is 37.0 Å². The van der Waals surface area contributed by atoms with Crippen LogP contribution in [0, 0.1) is 5.92 Å². The van der Waals surface area contributed by atoms with Gasteiger partial charge in [0.05, 0.1) is 11.1 Å². The van der Waals surface area contributed by atoms with E-state index >= 15 is 0 Å². The Labute approximate surface area is 107 Å². The van der Waals surface area contributed by atoms with Crippen LogP contribution in [-0.4, -0.2) is 23.6 Å². The van der Waals surface area contributed by atoms with Crippen LogP contribution in [0.15, 0.2) is 36.4 Å². The van der Waals surface area contributed by atoms with E-state index in [1.807, 2.05) is 12.1 Å². The summed E-state index contributed by atoms with van der Waals surface area (Å²) in [6.45, 7) is 1.92. The average Bonchev–Trinajstić information content (AvgIpc) is 3.19. The molecule has 2 aromatic rings. The van der Waals surface area contributed by atoms with Gasteiger partial charge < -0.3 is 10.6 Å². The maximum absolute atomic E-state index is 6.38. The van der Waals surface area contributed by atoms with Crippen LogP contribution in [0.2, 0.25) is 0 Å². The third-order valence-corrected chi connectivity index (χ3v) is 4.27. The van der Waals surface area contributed by atoms with Gasteiger partial charge in [-0.25, -0.2) is 4.98 Å². The molecule has 1 aromatic carbocycles. The van der Waals surface area contributed by atoms with Crippen molar-refractivity contribution in [3.8, 4) is 0 Å². The van der Waals surface area contributed by atoms with E-state index in [4.69, 9.17) is 10.7 Å². The molecule has 1 aliphatic heterocycles. The molecule has 92 valence electrons. The van der Waals surface area contributed by atoms with Gasteiger partial charge >= 0.3 is 0 Å². The molecule has 2 N–H and O–H groups in total. The highest BCUT2D eigenvalue weighted by atomic mass is 15.3. The van der Waals surface area contributed by atoms with Gasteiger partial charge in [0.25, 0.3) is 0 Å². The Morgan fingerprint density at radius 1 is 1.11 bits per heavy atom. The van der Waals surface area contributed by atoms with Crippen molar-refractivity contribution in [1.82, 2.24) is 4.98 Å². The van der Waals surface area contributed by atoms with E-state index in [0.717, 1.165) is 30.3 Å². The molecule has 2 aliphatic rings. The minimum Gasteiger partial charge on any atom is -0.353 e. The van der Waals surface area contributed by atoms with Crippen molar-refractivity contribution in [2.45, 2.75) is 18.4 Å². The number of benzene rings is 1. The Morgan fingerprint density at radius 3 is 2.67 bits per heavy atom. The van der Waals surface area contributed by atoms with E-state index in [9.17, 15) is 0 Å². The van der Waals surface area contributed by atoms with E-state index < -0.39 is 0 Å². The van der Waals surface area contributed by atoms with Gasteiger partial charge in [-0.15, -0.1) is 0 Å². The molecule has 0 bridgehead atoms. The minimum absolute atomic E-state index is 0.0628. The molecule has 3 heteroatoms. The number of nitrogens with two attached hydrogens (primary N) is 1. The first-order valence-corrected chi connectivity index (χ1v) is 6.64. The fourth-order valence-electron chi connectivity index (χ4n) is 2.97. The standard InChI is InChI=1S/C15H17N3/c16-15(12-6-7-12)9-18(10-15)14-8-5-11-3-1-2-4-13(11)17-14/h1-5,8,12H,6-7,9-10,16H2. The van der Waals surface area contributed by atoms with E-state index in [-0.39, 0.29) is 5.54 Å². The molecular formula is C15H17N3. The summed E-state index contributed by atoms with van der Waals surface area (Å²) in [5, 5.41) is 1.20. The van der Waals surface area contributed by atoms with Crippen LogP contribution in [-0.2, 0) is 0 Å². The molecule has 0 unspecified atom stereocenters. The lowest BCUT2D eigenvalue weighted by molar-refractivity contribution is 0.289. The molecule has 2 fully saturated rings. The summed E-state index contributed by atoms with van der Waals surface area (Å²) in [6, 6.07) is 12.5. The Balaban J connectivity index is 1.60. The van der Waals surface area contributed by atoms with Crippen molar-refractivity contribution >= 4 is 16.7 Å². The minimum atomic E-state index is 0.0628. The molecule has 1 aliphatic carbocycles. The van der Waals surface area contributed by atoms with Crippen LogP contribution in [0.5, 0.6) is 0 Å². The number of rotatable bonds is 2. The predicted octanol–water partition coefficient (Wildman–Crippen LogP) is 2.16. The Kier molecular flexibility index (Phi) is 1.98. The molecule has 0 atom stereocenters. The largest absolute Gasteiger partial charge is 0.353 e. The normalized spacial score (nSPS) is 21.9. The van der Waals surface area contributed by atoms with Crippen LogP contribution >= 0.6 is 0 Å². The number of aromatic nitrogens is 1. The van der Waals surface area contributed by atoms with Gasteiger partial charge in [0.1, 0.15) is 5.82 Å². The zero-order chi connectivity index (χ0) is 12.2. The van der Waals surface area contributed by atoms with Crippen LogP contribution in [0.25, 0.3) is 10.9 Å². The van der Waals surface area contributed by atoms with E-state index in [2.05, 4.69) is 29.2 Å². The number of para-hydroxylation sites is 1. The molecule has 4 rings (SSSR count). The second-order valence-corrected chi connectivity index (χ2v) is 5.73. The molecule has 0 radical (unpaired) electrons. The van der Waals surface area contributed by atoms with Crippen LogP contribution in [0.1, 0.15) is 12.8 Å². The van der Waals surface area contributed by atoms with Crippen LogP contribution in [0.3, 0.4) is 0 Å². The van der Waals surface area contributed by atoms with Gasteiger partial charge in [-0.3, -0.25) is 0 Å². The van der Waals surface area contributed by atoms with E-state index in [0.29, 0.717) is 0 Å². The molecule has 0 amide bonds. The van der Waals surface area contributed by atoms with E-state index in [1.165, 1.54) is 18.2 Å². The first-order valence-electron chi connectivity index (χ1n) is 6.64. The Bertz CT molecular complexity index is 597. The van der Waals surface area contributed by atoms with Crippen molar-refractivity contribution in [3.63, 3.8) is 0 Å². The topological polar surface area (TPSA) is 42.1 Å². The van der Waals surface area contributed by atoms with Gasteiger partial charge in [0, 0.05) is 18.5 Å². The number of nitrogens with zero attached hydrogens (tertiary/aromatic N) is 2. The van der Waals surface area contributed by atoms with Crippen LogP contribution < -0.4 is 10.6 Å². The zero-order valence-corrected chi connectivity index (χ0v) is 10.3. The van der Waals surface area contributed by atoms with Crippen LogP contribution in [0.4, 0.5) is 5.82 Å². The number of hydrogen-bond donors (Lipinski definition) is 1. The fourth-order valence-corrected chi connectivity index (χ4v) is 2.97. The summed E-state index contributed by atoms with van der Waals surface area (Å²) in [6.07, 6.45) is 2.63. The highest BCUT2D eigenvalue weighted by molar-refractivity contribution is 5.80. The summed E-state index contributed by atoms with van der Waals surface area (Å²) in [5.74, 6) is 1.82. The molecule has 0 spiro atoms. The Hall–Kier alpha value is -1.61. The van der Waals surface area contributed by atoms with Crippen molar-refractivity contribution < 1.29 is 0 Å². The highest BCUT2D eigenvalue weighted by Gasteiger charge is 2.50. The number of hydrogen-bond acceptors (Lipinski definition) is 3. The molecule has 18 heavy (non-hydrogen) atoms. The number of pyridine rings is 1. The zero-order valence-electron chi connectivity index (χ0n) is 10.3. The fraction of sp³-hybridized carbons (Fsp3) is 0.400. The van der Waals surface area contributed by atoms with Gasteiger partial charge in [0.15, 0.2) is 0 Å². The smallest absolute Gasteiger partial charge is 0.129 e. The maximum Gasteiger partial charge on any atom is 0.129 e. The quantitative estimate of drug-likeness (QED) is 0.873. The summed E-state index contributed by atoms with van der Waals surface area (Å²) < 4.78 is 0. The molecular weight excluding hydrogens is 222 g/mol. The summed E-state index contributed by atoms with van der Waals surface area (Å²) in [5.41, 5.74) is 7.51. The van der Waals surface area contributed by atoms with E-state index in [1.54, 1.807) is 0 Å². The Morgan fingerprint density at radius 2 is 1.89 bits per heavy atom. The van der Waals surface area contributed by atoms with Crippen molar-refractivity contribution in [3.05, 3.63) is 36.4 Å². The van der Waals surface area contributed by atoms with Gasteiger partial charge in [-0.2, -0.15) is 0 Å². The molecule has 2 heterocycles. The second kappa shape index (κ2) is 3.45. The number of fused-ring (bicyclic) bond motifs is 1. The molecule has 3 nitrogen and oxygen atoms in total. The third-order valence-electron chi connectivity index (χ3n) is 4.27. The summed E-state index contributed by atoms with van der Waals surface area (Å²) in [4.78, 5) is 7.01. The maximum atomic E-state index is 6.38. The first-order chi connectivity index (χ1) is 8.74. The molecule has 1 aromatic heterocycles. The monoisotopic (exact) mass is 239 g/mol. The number of anilines is 1. The summed E-state index contributed by atoms with van der Waals surface area (Å²) in [7, 11) is 0. The van der Waals surface area contributed by atoms with Crippen molar-refractivity contribution in [2.75, 3.05) is 18.0 Å². The molecule has 1 saturated heterocycles. The first kappa shape index (κ1) is 10.3. The molecule has 1 saturated carbocycles. The predicted molar refractivity (Wildman–Crippen MR) is 73.6 cm³/mol. The second-order valence-electron chi connectivity index (χ2n) is 5.73.